The zero-order chi connectivity index (χ0) is 12.0. The summed E-state index contributed by atoms with van der Waals surface area (Å²) in [5.74, 6) is 0.0275. The number of pyridine rings is 1. The molecule has 1 rings (SSSR count). The maximum Gasteiger partial charge on any atom is 0.227 e. The molecule has 0 aliphatic rings. The Kier molecular flexibility index (Phi) is 4.44. The van der Waals surface area contributed by atoms with Gasteiger partial charge in [-0.25, -0.2) is 4.98 Å². The lowest BCUT2D eigenvalue weighted by atomic mass is 10.2. The molecule has 0 saturated heterocycles. The topological polar surface area (TPSA) is 68.3 Å². The summed E-state index contributed by atoms with van der Waals surface area (Å²) in [6.07, 6.45) is 1.52. The quantitative estimate of drug-likeness (QED) is 0.744. The highest BCUT2D eigenvalue weighted by atomic mass is 16.5. The van der Waals surface area contributed by atoms with Crippen LogP contribution in [0.1, 0.15) is 18.9 Å². The van der Waals surface area contributed by atoms with E-state index in [1.54, 1.807) is 18.3 Å². The van der Waals surface area contributed by atoms with Gasteiger partial charge in [0, 0.05) is 18.3 Å². The van der Waals surface area contributed by atoms with E-state index < -0.39 is 0 Å². The van der Waals surface area contributed by atoms with Crippen molar-refractivity contribution < 1.29 is 14.3 Å². The van der Waals surface area contributed by atoms with Crippen LogP contribution in [0.5, 0.6) is 5.88 Å². The van der Waals surface area contributed by atoms with Crippen molar-refractivity contribution in [3.05, 3.63) is 23.9 Å². The van der Waals surface area contributed by atoms with Crippen molar-refractivity contribution in [2.24, 2.45) is 0 Å². The fraction of sp³-hybridized carbons (Fsp3) is 0.364. The summed E-state index contributed by atoms with van der Waals surface area (Å²) in [5.41, 5.74) is 0.780. The molecule has 0 bridgehead atoms. The number of ketones is 1. The van der Waals surface area contributed by atoms with Gasteiger partial charge in [-0.3, -0.25) is 9.59 Å². The zero-order valence-electron chi connectivity index (χ0n) is 9.32. The first kappa shape index (κ1) is 12.2. The van der Waals surface area contributed by atoms with E-state index in [4.69, 9.17) is 4.74 Å². The molecule has 0 aliphatic heterocycles. The zero-order valence-corrected chi connectivity index (χ0v) is 9.32. The maximum atomic E-state index is 11.2. The number of hydrogen-bond acceptors (Lipinski definition) is 4. The molecule has 1 N–H and O–H groups in total. The van der Waals surface area contributed by atoms with Crippen molar-refractivity contribution in [3.63, 3.8) is 0 Å². The smallest absolute Gasteiger partial charge is 0.227 e. The van der Waals surface area contributed by atoms with Crippen LogP contribution >= 0.6 is 0 Å². The van der Waals surface area contributed by atoms with Gasteiger partial charge in [-0.1, -0.05) is 6.07 Å². The Hall–Kier alpha value is -1.91. The Labute approximate surface area is 93.8 Å². The van der Waals surface area contributed by atoms with Crippen LogP contribution < -0.4 is 10.1 Å². The van der Waals surface area contributed by atoms with Crippen LogP contribution in [0.4, 0.5) is 0 Å². The summed E-state index contributed by atoms with van der Waals surface area (Å²) in [7, 11) is 1.52. The van der Waals surface area contributed by atoms with Crippen molar-refractivity contribution in [3.8, 4) is 5.88 Å². The number of aromatic nitrogens is 1. The summed E-state index contributed by atoms with van der Waals surface area (Å²) >= 11 is 0. The van der Waals surface area contributed by atoms with Crippen LogP contribution in [0.2, 0.25) is 0 Å². The van der Waals surface area contributed by atoms with E-state index in [0.717, 1.165) is 5.56 Å². The van der Waals surface area contributed by atoms with E-state index in [2.05, 4.69) is 10.3 Å². The first-order chi connectivity index (χ1) is 7.63. The van der Waals surface area contributed by atoms with Gasteiger partial charge in [0.05, 0.1) is 13.5 Å². The molecule has 1 heterocycles. The summed E-state index contributed by atoms with van der Waals surface area (Å²) in [4.78, 5) is 25.9. The fourth-order valence-corrected chi connectivity index (χ4v) is 1.22. The van der Waals surface area contributed by atoms with Gasteiger partial charge in [-0.05, 0) is 13.0 Å². The molecular formula is C11H14N2O3. The van der Waals surface area contributed by atoms with E-state index in [1.807, 2.05) is 0 Å². The molecule has 5 heteroatoms. The number of methoxy groups -OCH3 is 1. The van der Waals surface area contributed by atoms with Crippen molar-refractivity contribution >= 4 is 11.7 Å². The van der Waals surface area contributed by atoms with E-state index in [1.165, 1.54) is 14.0 Å². The van der Waals surface area contributed by atoms with E-state index in [9.17, 15) is 9.59 Å². The molecule has 1 amide bonds. The number of amides is 1. The minimum atomic E-state index is -0.293. The van der Waals surface area contributed by atoms with E-state index >= 15 is 0 Å². The minimum absolute atomic E-state index is 0.0947. The second kappa shape index (κ2) is 5.85. The molecule has 0 atom stereocenters. The molecule has 5 nitrogen and oxygen atoms in total. The van der Waals surface area contributed by atoms with Gasteiger partial charge in [0.2, 0.25) is 11.8 Å². The van der Waals surface area contributed by atoms with Crippen LogP contribution in [0, 0.1) is 0 Å². The Balaban J connectivity index is 2.54. The third kappa shape index (κ3) is 3.68. The molecule has 0 aliphatic carbocycles. The van der Waals surface area contributed by atoms with Gasteiger partial charge >= 0.3 is 0 Å². The number of Topliss-reactive ketones (excluding diaryl/α,β-unsaturated/α-hetero) is 1. The first-order valence-electron chi connectivity index (χ1n) is 4.87. The molecule has 16 heavy (non-hydrogen) atoms. The fourth-order valence-electron chi connectivity index (χ4n) is 1.22. The predicted octanol–water partition coefficient (Wildman–Crippen LogP) is 0.685. The largest absolute Gasteiger partial charge is 0.481 e. The molecule has 0 aromatic carbocycles. The number of nitrogens with zero attached hydrogens (tertiary/aromatic N) is 1. The highest BCUT2D eigenvalue weighted by molar-refractivity contribution is 5.96. The lowest BCUT2D eigenvalue weighted by molar-refractivity contribution is -0.127. The Morgan fingerprint density at radius 1 is 1.50 bits per heavy atom. The molecule has 1 aromatic rings. The van der Waals surface area contributed by atoms with Crippen molar-refractivity contribution in [2.45, 2.75) is 19.9 Å². The molecule has 0 spiro atoms. The van der Waals surface area contributed by atoms with Crippen molar-refractivity contribution in [2.75, 3.05) is 7.11 Å². The standard InChI is InChI=1S/C11H14N2O3/c1-8(14)6-10(15)13-7-9-4-3-5-12-11(9)16-2/h3-5H,6-7H2,1-2H3,(H,13,15). The van der Waals surface area contributed by atoms with Gasteiger partial charge < -0.3 is 10.1 Å². The Morgan fingerprint density at radius 3 is 2.88 bits per heavy atom. The van der Waals surface area contributed by atoms with Crippen molar-refractivity contribution in [1.82, 2.24) is 10.3 Å². The van der Waals surface area contributed by atoms with Gasteiger partial charge in [0.1, 0.15) is 5.78 Å². The van der Waals surface area contributed by atoms with Crippen LogP contribution in [0.15, 0.2) is 18.3 Å². The van der Waals surface area contributed by atoms with Crippen LogP contribution in [-0.4, -0.2) is 23.8 Å². The minimum Gasteiger partial charge on any atom is -0.481 e. The summed E-state index contributed by atoms with van der Waals surface area (Å²) in [6.45, 7) is 1.69. The number of carbonyl (C=O) groups is 2. The normalized spacial score (nSPS) is 9.62. The third-order valence-corrected chi connectivity index (χ3v) is 1.93. The molecule has 0 unspecified atom stereocenters. The molecule has 86 valence electrons. The molecule has 0 radical (unpaired) electrons. The average Bonchev–Trinajstić information content (AvgIpc) is 2.26. The van der Waals surface area contributed by atoms with Crippen LogP contribution in [-0.2, 0) is 16.1 Å². The van der Waals surface area contributed by atoms with Gasteiger partial charge in [0.15, 0.2) is 0 Å². The Bertz CT molecular complexity index is 391. The van der Waals surface area contributed by atoms with Crippen LogP contribution in [0.25, 0.3) is 0 Å². The second-order valence-corrected chi connectivity index (χ2v) is 3.33. The lowest BCUT2D eigenvalue weighted by Gasteiger charge is -2.07. The second-order valence-electron chi connectivity index (χ2n) is 3.33. The molecule has 0 saturated carbocycles. The SMILES string of the molecule is COc1ncccc1CNC(=O)CC(C)=O. The summed E-state index contributed by atoms with van der Waals surface area (Å²) in [6, 6.07) is 3.56. The number of hydrogen-bond donors (Lipinski definition) is 1. The molecular weight excluding hydrogens is 208 g/mol. The highest BCUT2D eigenvalue weighted by Gasteiger charge is 2.07. The maximum absolute atomic E-state index is 11.2. The predicted molar refractivity (Wildman–Crippen MR) is 57.9 cm³/mol. The summed E-state index contributed by atoms with van der Waals surface area (Å²) < 4.78 is 5.03. The number of ether oxygens (including phenoxy) is 1. The average molecular weight is 222 g/mol. The third-order valence-electron chi connectivity index (χ3n) is 1.93. The van der Waals surface area contributed by atoms with Crippen LogP contribution in [0.3, 0.4) is 0 Å². The Morgan fingerprint density at radius 2 is 2.25 bits per heavy atom. The first-order valence-corrected chi connectivity index (χ1v) is 4.87. The van der Waals surface area contributed by atoms with Gasteiger partial charge in [0.25, 0.3) is 0 Å². The number of rotatable bonds is 5. The van der Waals surface area contributed by atoms with E-state index in [-0.39, 0.29) is 18.1 Å². The summed E-state index contributed by atoms with van der Waals surface area (Å²) in [5, 5.41) is 2.63. The molecule has 0 fully saturated rings. The number of nitrogens with one attached hydrogen (secondary N) is 1. The van der Waals surface area contributed by atoms with Gasteiger partial charge in [-0.15, -0.1) is 0 Å². The molecule has 1 aromatic heterocycles. The van der Waals surface area contributed by atoms with Crippen molar-refractivity contribution in [1.29, 1.82) is 0 Å². The van der Waals surface area contributed by atoms with Gasteiger partial charge in [-0.2, -0.15) is 0 Å². The number of carbonyl (C=O) groups excluding carboxylic acids is 2. The monoisotopic (exact) mass is 222 g/mol. The lowest BCUT2D eigenvalue weighted by Crippen LogP contribution is -2.24. The highest BCUT2D eigenvalue weighted by Crippen LogP contribution is 2.12. The van der Waals surface area contributed by atoms with E-state index in [0.29, 0.717) is 12.4 Å².